The monoisotopic (exact) mass is 367 g/mol. The van der Waals surface area contributed by atoms with Crippen molar-refractivity contribution in [2.75, 3.05) is 6.79 Å². The highest BCUT2D eigenvalue weighted by atomic mass is 16.7. The highest BCUT2D eigenvalue weighted by Gasteiger charge is 2.34. The van der Waals surface area contributed by atoms with E-state index in [-0.39, 0.29) is 24.3 Å². The van der Waals surface area contributed by atoms with Crippen molar-refractivity contribution in [1.29, 1.82) is 0 Å². The Kier molecular flexibility index (Phi) is 4.46. The van der Waals surface area contributed by atoms with Crippen molar-refractivity contribution in [3.63, 3.8) is 0 Å². The Morgan fingerprint density at radius 3 is 2.74 bits per heavy atom. The molecule has 0 aromatic heterocycles. The predicted octanol–water partition coefficient (Wildman–Crippen LogP) is 4.07. The molecule has 2 aliphatic heterocycles. The number of carbonyl (C=O) groups excluding carboxylic acids is 1. The fraction of sp³-hybridized carbons (Fsp3) is 0.409. The van der Waals surface area contributed by atoms with Crippen LogP contribution in [0.5, 0.6) is 17.2 Å². The number of fused-ring (bicyclic) bond motifs is 2. The topological polar surface area (TPSA) is 56.8 Å². The fourth-order valence-electron chi connectivity index (χ4n) is 3.72. The van der Waals surface area contributed by atoms with Crippen LogP contribution in [0.3, 0.4) is 0 Å². The first-order chi connectivity index (χ1) is 12.9. The van der Waals surface area contributed by atoms with Crippen LogP contribution in [0.25, 0.3) is 0 Å². The van der Waals surface area contributed by atoms with E-state index in [0.717, 1.165) is 40.4 Å². The zero-order chi connectivity index (χ0) is 19.0. The smallest absolute Gasteiger partial charge is 0.231 e. The molecule has 0 fully saturated rings. The molecule has 0 spiro atoms. The van der Waals surface area contributed by atoms with Gasteiger partial charge in [0.15, 0.2) is 11.5 Å². The Labute approximate surface area is 159 Å². The molecule has 2 aromatic carbocycles. The van der Waals surface area contributed by atoms with Gasteiger partial charge in [-0.1, -0.05) is 23.8 Å². The van der Waals surface area contributed by atoms with E-state index in [4.69, 9.17) is 14.2 Å². The van der Waals surface area contributed by atoms with E-state index in [0.29, 0.717) is 12.8 Å². The highest BCUT2D eigenvalue weighted by molar-refractivity contribution is 5.77. The van der Waals surface area contributed by atoms with E-state index in [1.165, 1.54) is 0 Å². The first-order valence-electron chi connectivity index (χ1n) is 9.37. The van der Waals surface area contributed by atoms with Gasteiger partial charge in [0, 0.05) is 18.4 Å². The normalized spacial score (nSPS) is 19.1. The molecule has 142 valence electrons. The van der Waals surface area contributed by atoms with Gasteiger partial charge in [-0.15, -0.1) is 0 Å². The van der Waals surface area contributed by atoms with E-state index < -0.39 is 0 Å². The number of rotatable bonds is 4. The Morgan fingerprint density at radius 1 is 1.11 bits per heavy atom. The van der Waals surface area contributed by atoms with Gasteiger partial charge in [-0.3, -0.25) is 4.79 Å². The molecule has 1 N–H and O–H groups in total. The largest absolute Gasteiger partial charge is 0.487 e. The molecule has 2 aromatic rings. The predicted molar refractivity (Wildman–Crippen MR) is 102 cm³/mol. The number of ether oxygens (including phenoxy) is 3. The summed E-state index contributed by atoms with van der Waals surface area (Å²) in [6, 6.07) is 11.9. The lowest BCUT2D eigenvalue weighted by Crippen LogP contribution is -2.41. The Balaban J connectivity index is 1.42. The number of carbonyl (C=O) groups is 1. The van der Waals surface area contributed by atoms with Crippen LogP contribution in [-0.4, -0.2) is 18.3 Å². The van der Waals surface area contributed by atoms with Gasteiger partial charge in [0.1, 0.15) is 11.4 Å². The molecule has 5 heteroatoms. The molecule has 2 aliphatic rings. The van der Waals surface area contributed by atoms with Crippen molar-refractivity contribution in [3.8, 4) is 17.2 Å². The lowest BCUT2D eigenvalue weighted by molar-refractivity contribution is -0.122. The summed E-state index contributed by atoms with van der Waals surface area (Å²) in [7, 11) is 0. The van der Waals surface area contributed by atoms with Crippen LogP contribution in [0.4, 0.5) is 0 Å². The van der Waals surface area contributed by atoms with Crippen molar-refractivity contribution in [2.45, 2.75) is 51.7 Å². The third kappa shape index (κ3) is 3.87. The Morgan fingerprint density at radius 2 is 1.89 bits per heavy atom. The molecule has 0 unspecified atom stereocenters. The number of amides is 1. The minimum absolute atomic E-state index is 0.0343. The van der Waals surface area contributed by atoms with Gasteiger partial charge >= 0.3 is 0 Å². The first-order valence-corrected chi connectivity index (χ1v) is 9.37. The standard InChI is InChI=1S/C22H25NO4/c1-14-4-7-18-16(10-14)17(12-22(2,3)27-18)23-21(24)9-6-15-5-8-19-20(11-15)26-13-25-19/h4-5,7-8,10-11,17H,6,9,12-13H2,1-3H3,(H,23,24)/t17-/m0/s1. The molecule has 0 radical (unpaired) electrons. The minimum atomic E-state index is -0.308. The summed E-state index contributed by atoms with van der Waals surface area (Å²) in [4.78, 5) is 12.6. The van der Waals surface area contributed by atoms with Gasteiger partial charge in [-0.05, 0) is 51.0 Å². The summed E-state index contributed by atoms with van der Waals surface area (Å²) in [6.07, 6.45) is 1.84. The minimum Gasteiger partial charge on any atom is -0.487 e. The average Bonchev–Trinajstić information content (AvgIpc) is 3.08. The molecule has 1 atom stereocenters. The first kappa shape index (κ1) is 17.7. The summed E-state index contributed by atoms with van der Waals surface area (Å²) in [5, 5.41) is 3.21. The van der Waals surface area contributed by atoms with Crippen LogP contribution in [0.15, 0.2) is 36.4 Å². The Hall–Kier alpha value is -2.69. The molecular formula is C22H25NO4. The van der Waals surface area contributed by atoms with Crippen LogP contribution >= 0.6 is 0 Å². The average molecular weight is 367 g/mol. The van der Waals surface area contributed by atoms with Gasteiger partial charge in [0.2, 0.25) is 12.7 Å². The molecule has 1 amide bonds. The van der Waals surface area contributed by atoms with E-state index in [1.807, 2.05) is 30.3 Å². The van der Waals surface area contributed by atoms with Crippen LogP contribution in [0, 0.1) is 6.92 Å². The number of benzene rings is 2. The molecule has 0 saturated carbocycles. The highest BCUT2D eigenvalue weighted by Crippen LogP contribution is 2.40. The summed E-state index contributed by atoms with van der Waals surface area (Å²) in [5.74, 6) is 2.42. The van der Waals surface area contributed by atoms with Gasteiger partial charge in [0.05, 0.1) is 6.04 Å². The van der Waals surface area contributed by atoms with Crippen molar-refractivity contribution in [3.05, 3.63) is 53.1 Å². The molecule has 2 heterocycles. The zero-order valence-electron chi connectivity index (χ0n) is 16.0. The number of aryl methyl sites for hydroxylation is 2. The van der Waals surface area contributed by atoms with E-state index >= 15 is 0 Å². The third-order valence-electron chi connectivity index (χ3n) is 5.04. The Bertz CT molecular complexity index is 875. The quantitative estimate of drug-likeness (QED) is 0.885. The van der Waals surface area contributed by atoms with Crippen molar-refractivity contribution in [1.82, 2.24) is 5.32 Å². The molecule has 0 bridgehead atoms. The van der Waals surface area contributed by atoms with Crippen LogP contribution in [0.2, 0.25) is 0 Å². The van der Waals surface area contributed by atoms with Crippen molar-refractivity contribution >= 4 is 5.91 Å². The number of nitrogens with one attached hydrogen (secondary N) is 1. The second-order valence-electron chi connectivity index (χ2n) is 7.91. The van der Waals surface area contributed by atoms with E-state index in [2.05, 4.69) is 32.2 Å². The molecule has 0 aliphatic carbocycles. The summed E-state index contributed by atoms with van der Waals surface area (Å²) < 4.78 is 16.8. The lowest BCUT2D eigenvalue weighted by Gasteiger charge is -2.38. The maximum Gasteiger partial charge on any atom is 0.231 e. The van der Waals surface area contributed by atoms with Crippen LogP contribution < -0.4 is 19.5 Å². The fourth-order valence-corrected chi connectivity index (χ4v) is 3.72. The second-order valence-corrected chi connectivity index (χ2v) is 7.91. The van der Waals surface area contributed by atoms with Gasteiger partial charge in [-0.2, -0.15) is 0 Å². The maximum absolute atomic E-state index is 12.6. The molecule has 27 heavy (non-hydrogen) atoms. The molecule has 5 nitrogen and oxygen atoms in total. The lowest BCUT2D eigenvalue weighted by atomic mass is 9.89. The van der Waals surface area contributed by atoms with E-state index in [1.54, 1.807) is 0 Å². The van der Waals surface area contributed by atoms with Crippen molar-refractivity contribution < 1.29 is 19.0 Å². The molecule has 0 saturated heterocycles. The SMILES string of the molecule is Cc1ccc2c(c1)[C@@H](NC(=O)CCc1ccc3c(c1)OCO3)CC(C)(C)O2. The van der Waals surface area contributed by atoms with Gasteiger partial charge in [0.25, 0.3) is 0 Å². The number of hydrogen-bond acceptors (Lipinski definition) is 4. The van der Waals surface area contributed by atoms with E-state index in [9.17, 15) is 4.79 Å². The third-order valence-corrected chi connectivity index (χ3v) is 5.04. The molecule has 4 rings (SSSR count). The summed E-state index contributed by atoms with van der Waals surface area (Å²) in [5.41, 5.74) is 2.98. The van der Waals surface area contributed by atoms with Crippen molar-refractivity contribution in [2.24, 2.45) is 0 Å². The second kappa shape index (κ2) is 6.80. The summed E-state index contributed by atoms with van der Waals surface area (Å²) >= 11 is 0. The van der Waals surface area contributed by atoms with Gasteiger partial charge in [-0.25, -0.2) is 0 Å². The summed E-state index contributed by atoms with van der Waals surface area (Å²) in [6.45, 7) is 6.43. The van der Waals surface area contributed by atoms with Crippen LogP contribution in [-0.2, 0) is 11.2 Å². The maximum atomic E-state index is 12.6. The van der Waals surface area contributed by atoms with Gasteiger partial charge < -0.3 is 19.5 Å². The zero-order valence-corrected chi connectivity index (χ0v) is 16.0. The molecular weight excluding hydrogens is 342 g/mol. The number of hydrogen-bond donors (Lipinski definition) is 1. The van der Waals surface area contributed by atoms with Crippen LogP contribution in [0.1, 0.15) is 49.4 Å².